The van der Waals surface area contributed by atoms with Gasteiger partial charge in [-0.2, -0.15) is 0 Å². The SMILES string of the molecule is COc1cc(C(=O)NCC(CC(C)C)C(=O)O)cc2c1OCCO2. The minimum Gasteiger partial charge on any atom is -0.493 e. The lowest BCUT2D eigenvalue weighted by Gasteiger charge is -2.21. The van der Waals surface area contributed by atoms with E-state index >= 15 is 0 Å². The predicted octanol–water partition coefficient (Wildman–Crippen LogP) is 1.94. The Hall–Kier alpha value is -2.44. The quantitative estimate of drug-likeness (QED) is 0.790. The van der Waals surface area contributed by atoms with Crippen molar-refractivity contribution in [3.8, 4) is 17.2 Å². The molecule has 1 heterocycles. The van der Waals surface area contributed by atoms with Crippen LogP contribution < -0.4 is 19.5 Å². The number of hydrogen-bond acceptors (Lipinski definition) is 5. The van der Waals surface area contributed by atoms with E-state index in [0.717, 1.165) is 0 Å². The summed E-state index contributed by atoms with van der Waals surface area (Å²) in [7, 11) is 1.48. The first-order valence-corrected chi connectivity index (χ1v) is 7.91. The maximum atomic E-state index is 12.4. The third-order valence-corrected chi connectivity index (χ3v) is 3.70. The van der Waals surface area contributed by atoms with E-state index in [0.29, 0.717) is 42.4 Å². The van der Waals surface area contributed by atoms with Gasteiger partial charge in [0.25, 0.3) is 5.91 Å². The molecular formula is C17H23NO6. The molecule has 1 unspecified atom stereocenters. The van der Waals surface area contributed by atoms with Gasteiger partial charge in [0.2, 0.25) is 5.75 Å². The number of fused-ring (bicyclic) bond motifs is 1. The van der Waals surface area contributed by atoms with E-state index in [9.17, 15) is 14.7 Å². The number of carbonyl (C=O) groups excluding carboxylic acids is 1. The van der Waals surface area contributed by atoms with E-state index in [4.69, 9.17) is 14.2 Å². The van der Waals surface area contributed by atoms with E-state index in [2.05, 4.69) is 5.32 Å². The van der Waals surface area contributed by atoms with Gasteiger partial charge >= 0.3 is 5.97 Å². The smallest absolute Gasteiger partial charge is 0.308 e. The minimum atomic E-state index is -0.913. The number of benzene rings is 1. The Morgan fingerprint density at radius 3 is 2.62 bits per heavy atom. The van der Waals surface area contributed by atoms with Crippen molar-refractivity contribution < 1.29 is 28.9 Å². The zero-order chi connectivity index (χ0) is 17.7. The summed E-state index contributed by atoms with van der Waals surface area (Å²) < 4.78 is 16.2. The summed E-state index contributed by atoms with van der Waals surface area (Å²) in [5.41, 5.74) is 0.338. The zero-order valence-corrected chi connectivity index (χ0v) is 14.1. The molecule has 0 saturated carbocycles. The molecule has 0 radical (unpaired) electrons. The molecule has 1 atom stereocenters. The van der Waals surface area contributed by atoms with Crippen LogP contribution in [0.4, 0.5) is 0 Å². The van der Waals surface area contributed by atoms with Crippen molar-refractivity contribution in [2.75, 3.05) is 26.9 Å². The molecule has 7 nitrogen and oxygen atoms in total. The average Bonchev–Trinajstić information content (AvgIpc) is 2.56. The van der Waals surface area contributed by atoms with Crippen LogP contribution in [0.5, 0.6) is 17.2 Å². The topological polar surface area (TPSA) is 94.1 Å². The molecule has 0 aromatic heterocycles. The van der Waals surface area contributed by atoms with Crippen LogP contribution in [-0.2, 0) is 4.79 Å². The van der Waals surface area contributed by atoms with Gasteiger partial charge in [0.15, 0.2) is 11.5 Å². The Labute approximate surface area is 140 Å². The van der Waals surface area contributed by atoms with Crippen molar-refractivity contribution in [2.24, 2.45) is 11.8 Å². The lowest BCUT2D eigenvalue weighted by Crippen LogP contribution is -2.33. The van der Waals surface area contributed by atoms with Crippen LogP contribution in [0.1, 0.15) is 30.6 Å². The van der Waals surface area contributed by atoms with Crippen molar-refractivity contribution in [1.29, 1.82) is 0 Å². The van der Waals surface area contributed by atoms with Crippen LogP contribution in [-0.4, -0.2) is 43.9 Å². The van der Waals surface area contributed by atoms with Crippen LogP contribution in [0.25, 0.3) is 0 Å². The van der Waals surface area contributed by atoms with Crippen LogP contribution >= 0.6 is 0 Å². The maximum Gasteiger partial charge on any atom is 0.308 e. The summed E-state index contributed by atoms with van der Waals surface area (Å²) >= 11 is 0. The number of nitrogens with one attached hydrogen (secondary N) is 1. The standard InChI is InChI=1S/C17H23NO6/c1-10(2)6-12(17(20)21)9-18-16(19)11-7-13(22-3)15-14(8-11)23-4-5-24-15/h7-8,10,12H,4-6,9H2,1-3H3,(H,18,19)(H,20,21). The molecule has 1 aliphatic rings. The van der Waals surface area contributed by atoms with Gasteiger partial charge in [-0.1, -0.05) is 13.8 Å². The lowest BCUT2D eigenvalue weighted by atomic mass is 9.97. The fraction of sp³-hybridized carbons (Fsp3) is 0.529. The molecule has 0 saturated heterocycles. The normalized spacial score (nSPS) is 14.2. The second kappa shape index (κ2) is 7.90. The van der Waals surface area contributed by atoms with Crippen molar-refractivity contribution in [1.82, 2.24) is 5.32 Å². The van der Waals surface area contributed by atoms with Gasteiger partial charge in [0, 0.05) is 12.1 Å². The molecule has 1 amide bonds. The van der Waals surface area contributed by atoms with Crippen LogP contribution in [0.15, 0.2) is 12.1 Å². The number of rotatable bonds is 7. The highest BCUT2D eigenvalue weighted by Crippen LogP contribution is 2.40. The highest BCUT2D eigenvalue weighted by atomic mass is 16.6. The molecule has 24 heavy (non-hydrogen) atoms. The third-order valence-electron chi connectivity index (χ3n) is 3.70. The van der Waals surface area contributed by atoms with E-state index in [1.165, 1.54) is 7.11 Å². The van der Waals surface area contributed by atoms with E-state index in [1.807, 2.05) is 13.8 Å². The number of methoxy groups -OCH3 is 1. The number of carboxylic acid groups (broad SMARTS) is 1. The summed E-state index contributed by atoms with van der Waals surface area (Å²) in [5, 5.41) is 11.9. The molecule has 1 aromatic rings. The summed E-state index contributed by atoms with van der Waals surface area (Å²) in [5.74, 6) is -0.338. The molecule has 0 bridgehead atoms. The number of amides is 1. The maximum absolute atomic E-state index is 12.4. The lowest BCUT2D eigenvalue weighted by molar-refractivity contribution is -0.142. The number of carbonyl (C=O) groups is 2. The van der Waals surface area contributed by atoms with Gasteiger partial charge in [0.05, 0.1) is 13.0 Å². The van der Waals surface area contributed by atoms with Crippen molar-refractivity contribution >= 4 is 11.9 Å². The molecular weight excluding hydrogens is 314 g/mol. The van der Waals surface area contributed by atoms with Crippen LogP contribution in [0.2, 0.25) is 0 Å². The van der Waals surface area contributed by atoms with Gasteiger partial charge in [-0.15, -0.1) is 0 Å². The van der Waals surface area contributed by atoms with E-state index < -0.39 is 11.9 Å². The second-order valence-electron chi connectivity index (χ2n) is 6.08. The van der Waals surface area contributed by atoms with E-state index in [1.54, 1.807) is 12.1 Å². The molecule has 2 rings (SSSR count). The largest absolute Gasteiger partial charge is 0.493 e. The highest BCUT2D eigenvalue weighted by Gasteiger charge is 2.23. The summed E-state index contributed by atoms with van der Waals surface area (Å²) in [6.07, 6.45) is 0.500. The Morgan fingerprint density at radius 1 is 1.29 bits per heavy atom. The zero-order valence-electron chi connectivity index (χ0n) is 14.1. The van der Waals surface area contributed by atoms with Crippen molar-refractivity contribution in [3.05, 3.63) is 17.7 Å². The molecule has 2 N–H and O–H groups in total. The minimum absolute atomic E-state index is 0.0725. The van der Waals surface area contributed by atoms with Gasteiger partial charge in [-0.05, 0) is 24.5 Å². The Bertz CT molecular complexity index is 596. The molecule has 1 aliphatic heterocycles. The predicted molar refractivity (Wildman–Crippen MR) is 86.9 cm³/mol. The Morgan fingerprint density at radius 2 is 2.00 bits per heavy atom. The number of aliphatic carboxylic acids is 1. The second-order valence-corrected chi connectivity index (χ2v) is 6.08. The average molecular weight is 337 g/mol. The first-order chi connectivity index (χ1) is 11.4. The third kappa shape index (κ3) is 4.31. The fourth-order valence-electron chi connectivity index (χ4n) is 2.56. The number of hydrogen-bond donors (Lipinski definition) is 2. The monoisotopic (exact) mass is 337 g/mol. The van der Waals surface area contributed by atoms with Gasteiger partial charge in [0.1, 0.15) is 13.2 Å². The van der Waals surface area contributed by atoms with Crippen molar-refractivity contribution in [2.45, 2.75) is 20.3 Å². The van der Waals surface area contributed by atoms with E-state index in [-0.39, 0.29) is 18.4 Å². The van der Waals surface area contributed by atoms with Gasteiger partial charge in [-0.25, -0.2) is 0 Å². The van der Waals surface area contributed by atoms with Gasteiger partial charge < -0.3 is 24.6 Å². The number of carboxylic acids is 1. The molecule has 0 fully saturated rings. The van der Waals surface area contributed by atoms with Gasteiger partial charge in [-0.3, -0.25) is 9.59 Å². The molecule has 0 spiro atoms. The number of ether oxygens (including phenoxy) is 3. The first-order valence-electron chi connectivity index (χ1n) is 7.91. The molecule has 7 heteroatoms. The highest BCUT2D eigenvalue weighted by molar-refractivity contribution is 5.95. The Kier molecular flexibility index (Phi) is 5.89. The molecule has 132 valence electrons. The summed E-state index contributed by atoms with van der Waals surface area (Å²) in [6.45, 7) is 4.79. The summed E-state index contributed by atoms with van der Waals surface area (Å²) in [6, 6.07) is 3.13. The molecule has 1 aromatic carbocycles. The summed E-state index contributed by atoms with van der Waals surface area (Å²) in [4.78, 5) is 23.6. The Balaban J connectivity index is 2.10. The van der Waals surface area contributed by atoms with Crippen LogP contribution in [0, 0.1) is 11.8 Å². The van der Waals surface area contributed by atoms with Crippen LogP contribution in [0.3, 0.4) is 0 Å². The van der Waals surface area contributed by atoms with Crippen molar-refractivity contribution in [3.63, 3.8) is 0 Å². The molecule has 0 aliphatic carbocycles. The first kappa shape index (κ1) is 17.9. The fourth-order valence-corrected chi connectivity index (χ4v) is 2.56.